The molecule has 1 heterocycles. The number of benzene rings is 2. The lowest BCUT2D eigenvalue weighted by atomic mass is 10.1. The van der Waals surface area contributed by atoms with Crippen LogP contribution >= 0.6 is 24.0 Å². The molecule has 2 amide bonds. The van der Waals surface area contributed by atoms with Crippen LogP contribution in [-0.4, -0.2) is 47.4 Å². The van der Waals surface area contributed by atoms with Crippen LogP contribution in [0.25, 0.3) is 6.08 Å². The molecule has 0 saturated carbocycles. The smallest absolute Gasteiger partial charge is 0.285 e. The third kappa shape index (κ3) is 4.65. The molecule has 3 rings (SSSR count). The van der Waals surface area contributed by atoms with Crippen LogP contribution in [-0.2, 0) is 4.79 Å². The summed E-state index contributed by atoms with van der Waals surface area (Å²) in [6.07, 6.45) is 1.57. The molecule has 0 aliphatic carbocycles. The maximum Gasteiger partial charge on any atom is 0.285 e. The van der Waals surface area contributed by atoms with Crippen molar-refractivity contribution in [2.75, 3.05) is 21.3 Å². The van der Waals surface area contributed by atoms with Crippen molar-refractivity contribution in [2.24, 2.45) is 0 Å². The topological polar surface area (TPSA) is 120 Å². The van der Waals surface area contributed by atoms with Gasteiger partial charge in [0.05, 0.1) is 31.2 Å². The third-order valence-electron chi connectivity index (χ3n) is 4.31. The number of non-ortho nitro benzene ring substituents is 1. The van der Waals surface area contributed by atoms with E-state index < -0.39 is 16.7 Å². The first-order valence-electron chi connectivity index (χ1n) is 8.92. The van der Waals surface area contributed by atoms with E-state index in [1.165, 1.54) is 39.5 Å². The predicted molar refractivity (Wildman–Crippen MR) is 122 cm³/mol. The molecule has 0 unspecified atom stereocenters. The maximum absolute atomic E-state index is 12.8. The van der Waals surface area contributed by atoms with Crippen molar-refractivity contribution in [3.63, 3.8) is 0 Å². The number of hydrogen-bond acceptors (Lipinski definition) is 9. The Morgan fingerprint density at radius 3 is 2.38 bits per heavy atom. The Balaban J connectivity index is 1.85. The van der Waals surface area contributed by atoms with Crippen molar-refractivity contribution in [1.82, 2.24) is 10.4 Å². The maximum atomic E-state index is 12.8. The average molecular weight is 476 g/mol. The molecule has 2 aromatic carbocycles. The van der Waals surface area contributed by atoms with Gasteiger partial charge in [0, 0.05) is 17.7 Å². The highest BCUT2D eigenvalue weighted by molar-refractivity contribution is 8.26. The van der Waals surface area contributed by atoms with Gasteiger partial charge in [-0.15, -0.1) is 0 Å². The molecule has 1 aliphatic heterocycles. The number of carbonyl (C=O) groups excluding carboxylic acids is 2. The minimum Gasteiger partial charge on any atom is -0.493 e. The molecular weight excluding hydrogens is 458 g/mol. The van der Waals surface area contributed by atoms with Gasteiger partial charge in [0.15, 0.2) is 15.8 Å². The van der Waals surface area contributed by atoms with E-state index in [1.54, 1.807) is 18.2 Å². The Labute approximate surface area is 192 Å². The van der Waals surface area contributed by atoms with E-state index in [-0.39, 0.29) is 20.5 Å². The number of hydrogen-bond donors (Lipinski definition) is 1. The fourth-order valence-electron chi connectivity index (χ4n) is 2.83. The molecule has 32 heavy (non-hydrogen) atoms. The molecule has 0 aromatic heterocycles. The van der Waals surface area contributed by atoms with E-state index in [4.69, 9.17) is 26.4 Å². The molecule has 1 aliphatic rings. The Bertz CT molecular complexity index is 1120. The van der Waals surface area contributed by atoms with Crippen LogP contribution in [0.3, 0.4) is 0 Å². The van der Waals surface area contributed by atoms with Crippen molar-refractivity contribution in [3.05, 3.63) is 62.5 Å². The summed E-state index contributed by atoms with van der Waals surface area (Å²) in [6, 6.07) is 8.47. The standard InChI is InChI=1S/C20H17N3O7S2/c1-28-14-7-11(8-15(29-2)17(14)30-3)9-16-19(25)22(20(31)32-16)21-18(24)12-5-4-6-13(10-12)23(26)27/h4-10H,1-3H3,(H,21,24). The molecule has 10 nitrogen and oxygen atoms in total. The molecule has 0 atom stereocenters. The summed E-state index contributed by atoms with van der Waals surface area (Å²) in [4.78, 5) is 35.9. The molecule has 0 bridgehead atoms. The van der Waals surface area contributed by atoms with Crippen LogP contribution in [0.1, 0.15) is 15.9 Å². The Morgan fingerprint density at radius 2 is 1.81 bits per heavy atom. The first-order valence-corrected chi connectivity index (χ1v) is 10.1. The average Bonchev–Trinajstić information content (AvgIpc) is 3.05. The van der Waals surface area contributed by atoms with Crippen LogP contribution < -0.4 is 19.6 Å². The summed E-state index contributed by atoms with van der Waals surface area (Å²) < 4.78 is 16.0. The van der Waals surface area contributed by atoms with Crippen LogP contribution in [0.2, 0.25) is 0 Å². The highest BCUT2D eigenvalue weighted by Crippen LogP contribution is 2.40. The molecular formula is C20H17N3O7S2. The normalized spacial score (nSPS) is 14.5. The second-order valence-electron chi connectivity index (χ2n) is 6.22. The number of ether oxygens (including phenoxy) is 3. The summed E-state index contributed by atoms with van der Waals surface area (Å²) in [5.41, 5.74) is 2.75. The number of nitrogens with zero attached hydrogens (tertiary/aromatic N) is 2. The van der Waals surface area contributed by atoms with Gasteiger partial charge in [-0.25, -0.2) is 0 Å². The van der Waals surface area contributed by atoms with Crippen LogP contribution in [0.15, 0.2) is 41.3 Å². The molecule has 1 saturated heterocycles. The van der Waals surface area contributed by atoms with Gasteiger partial charge in [0.1, 0.15) is 0 Å². The fourth-order valence-corrected chi connectivity index (χ4v) is 4.01. The van der Waals surface area contributed by atoms with E-state index >= 15 is 0 Å². The van der Waals surface area contributed by atoms with Gasteiger partial charge < -0.3 is 14.2 Å². The molecule has 1 fully saturated rings. The second-order valence-corrected chi connectivity index (χ2v) is 7.90. The first-order chi connectivity index (χ1) is 15.3. The van der Waals surface area contributed by atoms with Crippen LogP contribution in [0.5, 0.6) is 17.2 Å². The zero-order valence-electron chi connectivity index (χ0n) is 17.1. The van der Waals surface area contributed by atoms with Crippen molar-refractivity contribution >= 4 is 51.9 Å². The molecule has 0 radical (unpaired) electrons. The third-order valence-corrected chi connectivity index (χ3v) is 5.61. The zero-order valence-corrected chi connectivity index (χ0v) is 18.7. The largest absolute Gasteiger partial charge is 0.493 e. The minimum atomic E-state index is -0.709. The molecule has 1 N–H and O–H groups in total. The molecule has 0 spiro atoms. The summed E-state index contributed by atoms with van der Waals surface area (Å²) in [7, 11) is 4.43. The molecule has 12 heteroatoms. The first kappa shape index (κ1) is 23.0. The quantitative estimate of drug-likeness (QED) is 0.279. The summed E-state index contributed by atoms with van der Waals surface area (Å²) in [6.45, 7) is 0. The van der Waals surface area contributed by atoms with Crippen molar-refractivity contribution < 1.29 is 28.7 Å². The van der Waals surface area contributed by atoms with E-state index in [2.05, 4.69) is 5.43 Å². The van der Waals surface area contributed by atoms with E-state index in [9.17, 15) is 19.7 Å². The zero-order chi connectivity index (χ0) is 23.4. The molecule has 2 aromatic rings. The number of carbonyl (C=O) groups is 2. The molecule has 166 valence electrons. The van der Waals surface area contributed by atoms with Crippen LogP contribution in [0.4, 0.5) is 5.69 Å². The van der Waals surface area contributed by atoms with Gasteiger partial charge in [-0.3, -0.25) is 25.1 Å². The van der Waals surface area contributed by atoms with E-state index in [1.807, 2.05) is 0 Å². The minimum absolute atomic E-state index is 0.0156. The number of thiocarbonyl (C=S) groups is 1. The summed E-state index contributed by atoms with van der Waals surface area (Å²) >= 11 is 6.21. The van der Waals surface area contributed by atoms with E-state index in [0.29, 0.717) is 22.8 Å². The van der Waals surface area contributed by atoms with Crippen molar-refractivity contribution in [3.8, 4) is 17.2 Å². The number of hydrazine groups is 1. The Kier molecular flexibility index (Phi) is 6.95. The van der Waals surface area contributed by atoms with Gasteiger partial charge in [0.2, 0.25) is 5.75 Å². The number of amides is 2. The second kappa shape index (κ2) is 9.66. The SMILES string of the molecule is COc1cc(C=C2SC(=S)N(NC(=O)c3cccc([N+](=O)[O-])c3)C2=O)cc(OC)c1OC. The van der Waals surface area contributed by atoms with E-state index in [0.717, 1.165) is 22.8 Å². The Hall–Kier alpha value is -3.64. The number of nitro groups is 1. The van der Waals surface area contributed by atoms with Gasteiger partial charge in [0.25, 0.3) is 17.5 Å². The fraction of sp³-hybridized carbons (Fsp3) is 0.150. The van der Waals surface area contributed by atoms with Crippen molar-refractivity contribution in [2.45, 2.75) is 0 Å². The number of thioether (sulfide) groups is 1. The number of methoxy groups -OCH3 is 3. The van der Waals surface area contributed by atoms with Crippen molar-refractivity contribution in [1.29, 1.82) is 0 Å². The van der Waals surface area contributed by atoms with Gasteiger partial charge >= 0.3 is 0 Å². The number of rotatable bonds is 7. The van der Waals surface area contributed by atoms with Gasteiger partial charge in [-0.05, 0) is 42.1 Å². The summed E-state index contributed by atoms with van der Waals surface area (Å²) in [5.74, 6) is -0.0319. The monoisotopic (exact) mass is 475 g/mol. The highest BCUT2D eigenvalue weighted by Gasteiger charge is 2.34. The Morgan fingerprint density at radius 1 is 1.16 bits per heavy atom. The van der Waals surface area contributed by atoms with Gasteiger partial charge in [-0.2, -0.15) is 5.01 Å². The predicted octanol–water partition coefficient (Wildman–Crippen LogP) is 3.17. The lowest BCUT2D eigenvalue weighted by molar-refractivity contribution is -0.384. The number of nitrogens with one attached hydrogen (secondary N) is 1. The van der Waals surface area contributed by atoms with Gasteiger partial charge in [-0.1, -0.05) is 17.8 Å². The van der Waals surface area contributed by atoms with Crippen LogP contribution in [0, 0.1) is 10.1 Å². The highest BCUT2D eigenvalue weighted by atomic mass is 32.2. The number of nitro benzene ring substituents is 1. The summed E-state index contributed by atoms with van der Waals surface area (Å²) in [5, 5.41) is 11.8. The lowest BCUT2D eigenvalue weighted by Crippen LogP contribution is -2.44. The lowest BCUT2D eigenvalue weighted by Gasteiger charge is -2.15.